The summed E-state index contributed by atoms with van der Waals surface area (Å²) in [6.07, 6.45) is 1.88. The van der Waals surface area contributed by atoms with Gasteiger partial charge in [0.1, 0.15) is 5.75 Å². The molecule has 2 aromatic carbocycles. The van der Waals surface area contributed by atoms with Crippen molar-refractivity contribution >= 4 is 12.1 Å². The molecule has 0 spiro atoms. The number of benzene rings is 2. The van der Waals surface area contributed by atoms with E-state index in [-0.39, 0.29) is 5.91 Å². The van der Waals surface area contributed by atoms with Gasteiger partial charge in [0.2, 0.25) is 5.91 Å². The van der Waals surface area contributed by atoms with Gasteiger partial charge in [0.25, 0.3) is 0 Å². The number of nitrogens with zero attached hydrogens (tertiary/aromatic N) is 1. The highest BCUT2D eigenvalue weighted by Gasteiger charge is 2.02. The smallest absolute Gasteiger partial charge is 0.244 e. The van der Waals surface area contributed by atoms with Crippen LogP contribution in [-0.4, -0.2) is 19.2 Å². The van der Waals surface area contributed by atoms with Crippen LogP contribution in [0, 0.1) is 6.92 Å². The number of para-hydroxylation sites is 1. The van der Waals surface area contributed by atoms with Gasteiger partial charge in [-0.25, -0.2) is 5.43 Å². The lowest BCUT2D eigenvalue weighted by atomic mass is 10.1. The fourth-order valence-electron chi connectivity index (χ4n) is 1.88. The molecule has 0 aromatic heterocycles. The van der Waals surface area contributed by atoms with Gasteiger partial charge in [0, 0.05) is 5.56 Å². The maximum absolute atomic E-state index is 11.8. The number of amides is 1. The highest BCUT2D eigenvalue weighted by molar-refractivity contribution is 5.85. The van der Waals surface area contributed by atoms with Crippen molar-refractivity contribution in [2.75, 3.05) is 7.11 Å². The van der Waals surface area contributed by atoms with Crippen molar-refractivity contribution in [1.29, 1.82) is 0 Å². The third-order valence-electron chi connectivity index (χ3n) is 3.02. The topological polar surface area (TPSA) is 50.7 Å². The quantitative estimate of drug-likeness (QED) is 0.677. The number of ether oxygens (including phenoxy) is 1. The number of hydrogen-bond donors (Lipinski definition) is 1. The Morgan fingerprint density at radius 1 is 1.19 bits per heavy atom. The summed E-state index contributed by atoms with van der Waals surface area (Å²) in [6, 6.07) is 15.3. The molecule has 1 N–H and O–H groups in total. The summed E-state index contributed by atoms with van der Waals surface area (Å²) in [5.41, 5.74) is 5.47. The fourth-order valence-corrected chi connectivity index (χ4v) is 1.88. The van der Waals surface area contributed by atoms with Crippen molar-refractivity contribution in [2.45, 2.75) is 13.3 Å². The molecule has 4 nitrogen and oxygen atoms in total. The Morgan fingerprint density at radius 3 is 2.62 bits per heavy atom. The normalized spacial score (nSPS) is 10.6. The van der Waals surface area contributed by atoms with Crippen molar-refractivity contribution in [3.63, 3.8) is 0 Å². The van der Waals surface area contributed by atoms with Crippen LogP contribution < -0.4 is 10.2 Å². The van der Waals surface area contributed by atoms with Gasteiger partial charge in [-0.05, 0) is 24.6 Å². The van der Waals surface area contributed by atoms with Gasteiger partial charge in [-0.3, -0.25) is 4.79 Å². The van der Waals surface area contributed by atoms with Crippen LogP contribution in [0.2, 0.25) is 0 Å². The van der Waals surface area contributed by atoms with Gasteiger partial charge in [-0.15, -0.1) is 0 Å². The van der Waals surface area contributed by atoms with Crippen molar-refractivity contribution in [1.82, 2.24) is 5.43 Å². The molecule has 4 heteroatoms. The number of carbonyl (C=O) groups excluding carboxylic acids is 1. The molecule has 0 saturated heterocycles. The number of carbonyl (C=O) groups is 1. The second kappa shape index (κ2) is 7.24. The molecule has 0 fully saturated rings. The molecule has 108 valence electrons. The highest BCUT2D eigenvalue weighted by Crippen LogP contribution is 2.14. The van der Waals surface area contributed by atoms with Crippen LogP contribution in [-0.2, 0) is 11.2 Å². The minimum Gasteiger partial charge on any atom is -0.496 e. The summed E-state index contributed by atoms with van der Waals surface area (Å²) in [5, 5.41) is 3.96. The zero-order valence-electron chi connectivity index (χ0n) is 12.2. The zero-order valence-corrected chi connectivity index (χ0v) is 12.2. The summed E-state index contributed by atoms with van der Waals surface area (Å²) in [7, 11) is 1.60. The summed E-state index contributed by atoms with van der Waals surface area (Å²) >= 11 is 0. The van der Waals surface area contributed by atoms with Crippen LogP contribution in [0.1, 0.15) is 16.7 Å². The number of rotatable bonds is 5. The van der Waals surface area contributed by atoms with Crippen LogP contribution >= 0.6 is 0 Å². The van der Waals surface area contributed by atoms with E-state index >= 15 is 0 Å². The predicted octanol–water partition coefficient (Wildman–Crippen LogP) is 2.70. The Kier molecular flexibility index (Phi) is 5.10. The minimum absolute atomic E-state index is 0.148. The number of methoxy groups -OCH3 is 1. The Balaban J connectivity index is 1.91. The zero-order chi connectivity index (χ0) is 15.1. The first-order valence-corrected chi connectivity index (χ1v) is 6.69. The Morgan fingerprint density at radius 2 is 1.90 bits per heavy atom. The van der Waals surface area contributed by atoms with E-state index in [2.05, 4.69) is 10.5 Å². The summed E-state index contributed by atoms with van der Waals surface area (Å²) in [4.78, 5) is 11.8. The molecule has 0 aliphatic carbocycles. The standard InChI is InChI=1S/C17H18N2O2/c1-13-7-9-14(10-8-13)11-17(20)19-18-12-15-5-3-4-6-16(15)21-2/h3-10,12H,11H2,1-2H3,(H,19,20)/b18-12+. The molecule has 0 atom stereocenters. The molecule has 21 heavy (non-hydrogen) atoms. The second-order valence-electron chi connectivity index (χ2n) is 4.70. The average Bonchev–Trinajstić information content (AvgIpc) is 2.50. The predicted molar refractivity (Wildman–Crippen MR) is 83.6 cm³/mol. The molecule has 0 heterocycles. The van der Waals surface area contributed by atoms with Crippen LogP contribution in [0.15, 0.2) is 53.6 Å². The van der Waals surface area contributed by atoms with Crippen LogP contribution in [0.3, 0.4) is 0 Å². The number of nitrogens with one attached hydrogen (secondary N) is 1. The van der Waals surface area contributed by atoms with Crippen molar-refractivity contribution < 1.29 is 9.53 Å². The molecule has 0 unspecified atom stereocenters. The van der Waals surface area contributed by atoms with Gasteiger partial charge >= 0.3 is 0 Å². The first-order chi connectivity index (χ1) is 10.2. The third kappa shape index (κ3) is 4.45. The third-order valence-corrected chi connectivity index (χ3v) is 3.02. The van der Waals surface area contributed by atoms with Gasteiger partial charge in [-0.2, -0.15) is 5.10 Å². The van der Waals surface area contributed by atoms with Crippen molar-refractivity contribution in [3.05, 3.63) is 65.2 Å². The minimum atomic E-state index is -0.148. The van der Waals surface area contributed by atoms with Crippen molar-refractivity contribution in [3.8, 4) is 5.75 Å². The molecule has 0 radical (unpaired) electrons. The summed E-state index contributed by atoms with van der Waals surface area (Å²) in [6.45, 7) is 2.02. The summed E-state index contributed by atoms with van der Waals surface area (Å²) < 4.78 is 5.21. The van der Waals surface area contributed by atoms with Crippen molar-refractivity contribution in [2.24, 2.45) is 5.10 Å². The highest BCUT2D eigenvalue weighted by atomic mass is 16.5. The molecule has 1 amide bonds. The molecular formula is C17H18N2O2. The van der Waals surface area contributed by atoms with E-state index in [0.717, 1.165) is 11.1 Å². The lowest BCUT2D eigenvalue weighted by Crippen LogP contribution is -2.19. The number of aryl methyl sites for hydroxylation is 1. The average molecular weight is 282 g/mol. The molecular weight excluding hydrogens is 264 g/mol. The Labute approximate surface area is 124 Å². The summed E-state index contributed by atoms with van der Waals surface area (Å²) in [5.74, 6) is 0.569. The van der Waals surface area contributed by atoms with Gasteiger partial charge in [0.15, 0.2) is 0 Å². The molecule has 2 aromatic rings. The largest absolute Gasteiger partial charge is 0.496 e. The SMILES string of the molecule is COc1ccccc1/C=N/NC(=O)Cc1ccc(C)cc1. The fraction of sp³-hybridized carbons (Fsp3) is 0.176. The van der Waals surface area contributed by atoms with E-state index in [9.17, 15) is 4.79 Å². The van der Waals surface area contributed by atoms with E-state index in [0.29, 0.717) is 12.2 Å². The Bertz CT molecular complexity index is 633. The van der Waals surface area contributed by atoms with Crippen LogP contribution in [0.25, 0.3) is 0 Å². The number of hydrazone groups is 1. The van der Waals surface area contributed by atoms with Crippen LogP contribution in [0.5, 0.6) is 5.75 Å². The molecule has 0 saturated carbocycles. The molecule has 0 bridgehead atoms. The second-order valence-corrected chi connectivity index (χ2v) is 4.70. The van der Waals surface area contributed by atoms with E-state index in [1.807, 2.05) is 55.5 Å². The molecule has 0 aliphatic rings. The van der Waals surface area contributed by atoms with Gasteiger partial charge in [0.05, 0.1) is 19.7 Å². The molecule has 2 rings (SSSR count). The van der Waals surface area contributed by atoms with Gasteiger partial charge in [-0.1, -0.05) is 42.0 Å². The first kappa shape index (κ1) is 14.8. The lowest BCUT2D eigenvalue weighted by molar-refractivity contribution is -0.120. The van der Waals surface area contributed by atoms with E-state index in [1.54, 1.807) is 13.3 Å². The Hall–Kier alpha value is -2.62. The monoisotopic (exact) mass is 282 g/mol. The number of hydrogen-bond acceptors (Lipinski definition) is 3. The van der Waals surface area contributed by atoms with E-state index < -0.39 is 0 Å². The van der Waals surface area contributed by atoms with Crippen LogP contribution in [0.4, 0.5) is 0 Å². The van der Waals surface area contributed by atoms with Gasteiger partial charge < -0.3 is 4.74 Å². The maximum atomic E-state index is 11.8. The maximum Gasteiger partial charge on any atom is 0.244 e. The molecule has 0 aliphatic heterocycles. The lowest BCUT2D eigenvalue weighted by Gasteiger charge is -2.03. The first-order valence-electron chi connectivity index (χ1n) is 6.69. The van der Waals surface area contributed by atoms with E-state index in [1.165, 1.54) is 5.56 Å². The van der Waals surface area contributed by atoms with E-state index in [4.69, 9.17) is 4.74 Å².